The van der Waals surface area contributed by atoms with Gasteiger partial charge in [0.2, 0.25) is 0 Å². The molecule has 10 heteroatoms. The number of thiophene rings is 2. The van der Waals surface area contributed by atoms with Crippen molar-refractivity contribution in [2.75, 3.05) is 13.1 Å². The van der Waals surface area contributed by atoms with Gasteiger partial charge in [-0.05, 0) is 98.7 Å². The van der Waals surface area contributed by atoms with Gasteiger partial charge in [-0.1, -0.05) is 238 Å². The van der Waals surface area contributed by atoms with Crippen LogP contribution < -0.4 is 5.73 Å². The fourth-order valence-corrected chi connectivity index (χ4v) is 16.0. The van der Waals surface area contributed by atoms with Crippen molar-refractivity contribution in [1.29, 1.82) is 0 Å². The number of hydrogen-bond donors (Lipinski definition) is 1. The lowest BCUT2D eigenvalue weighted by Crippen LogP contribution is -2.35. The normalized spacial score (nSPS) is 14.9. The molecule has 10 rings (SSSR count). The summed E-state index contributed by atoms with van der Waals surface area (Å²) in [5, 5.41) is 3.31. The number of hydrogen-bond acceptors (Lipinski definition) is 8. The first kappa shape index (κ1) is 64.1. The Hall–Kier alpha value is -5.94. The van der Waals surface area contributed by atoms with E-state index >= 15 is 9.59 Å². The van der Waals surface area contributed by atoms with Gasteiger partial charge >= 0.3 is 0 Å². The summed E-state index contributed by atoms with van der Waals surface area (Å²) in [5.41, 5.74) is 12.0. The van der Waals surface area contributed by atoms with Gasteiger partial charge < -0.3 is 28.8 Å². The zero-order valence-electron chi connectivity index (χ0n) is 54.1. The number of nitrogens with zero attached hydrogens (tertiary/aromatic N) is 2. The molecule has 0 saturated carbocycles. The molecule has 0 bridgehead atoms. The van der Waals surface area contributed by atoms with Crippen LogP contribution in [0.2, 0.25) is 0 Å². The highest BCUT2D eigenvalue weighted by atomic mass is 32.1. The lowest BCUT2D eigenvalue weighted by atomic mass is 9.93. The van der Waals surface area contributed by atoms with E-state index < -0.39 is 5.54 Å². The second-order valence-corrected chi connectivity index (χ2v) is 29.2. The van der Waals surface area contributed by atoms with Crippen molar-refractivity contribution in [2.45, 2.75) is 227 Å². The van der Waals surface area contributed by atoms with E-state index in [0.29, 0.717) is 58.7 Å². The quantitative estimate of drug-likeness (QED) is 0.0403. The van der Waals surface area contributed by atoms with Crippen LogP contribution in [0.15, 0.2) is 121 Å². The van der Waals surface area contributed by atoms with Gasteiger partial charge in [-0.25, -0.2) is 0 Å². The molecule has 0 radical (unpaired) electrons. The third kappa shape index (κ3) is 14.4. The van der Waals surface area contributed by atoms with Crippen LogP contribution in [0, 0.1) is 11.8 Å². The molecule has 2 aliphatic rings. The topological polar surface area (TPSA) is 106 Å². The van der Waals surface area contributed by atoms with Crippen LogP contribution in [0.25, 0.3) is 75.6 Å². The monoisotopic (exact) mass is 1210 g/mol. The molecule has 87 heavy (non-hydrogen) atoms. The van der Waals surface area contributed by atoms with Crippen LogP contribution in [0.1, 0.15) is 239 Å². The van der Waals surface area contributed by atoms with Gasteiger partial charge in [0.05, 0.1) is 31.0 Å². The number of unbranched alkanes of at least 4 members (excludes halogenated alkanes) is 16. The van der Waals surface area contributed by atoms with Gasteiger partial charge in [0.25, 0.3) is 11.8 Å². The maximum atomic E-state index is 16.1. The first-order chi connectivity index (χ1) is 42.1. The Bertz CT molecular complexity index is 3640. The van der Waals surface area contributed by atoms with Crippen molar-refractivity contribution < 1.29 is 22.8 Å². The van der Waals surface area contributed by atoms with Crippen molar-refractivity contribution in [1.82, 2.24) is 9.80 Å². The zero-order chi connectivity index (χ0) is 61.2. The Balaban J connectivity index is 1.13. The van der Waals surface area contributed by atoms with Crippen LogP contribution >= 0.6 is 22.7 Å². The number of fused-ring (bicyclic) bond motifs is 7. The molecule has 0 aliphatic carbocycles. The number of rotatable bonds is 34. The van der Waals surface area contributed by atoms with E-state index in [1.165, 1.54) is 117 Å². The van der Waals surface area contributed by atoms with E-state index in [-0.39, 0.29) is 29.1 Å². The predicted octanol–water partition coefficient (Wildman–Crippen LogP) is 23.0. The molecule has 2 amide bonds. The molecule has 3 aromatic carbocycles. The van der Waals surface area contributed by atoms with E-state index in [4.69, 9.17) is 19.0 Å². The third-order valence-corrected chi connectivity index (χ3v) is 21.3. The Labute approximate surface area is 528 Å². The summed E-state index contributed by atoms with van der Waals surface area (Å²) in [6.07, 6.45) is 28.0. The maximum absolute atomic E-state index is 16.1. The number of nitrogens with two attached hydrogens (primary N) is 1. The van der Waals surface area contributed by atoms with Gasteiger partial charge in [0, 0.05) is 45.3 Å². The SMILES string of the molecule is CCCCCCCCC(CCCCCC)CN1C(=O)C2=C(c3ccc(C(C)(C)N)o3)N(CC(CCCCCC)CCCCCCCC)C(=O)C2=C1c1ccc(-c2cc3c(s2)c2sc(C(C)(C)C)cc2c2oc(-c4ccccc4)c(-c4ccccc4)c32)o1. The Kier molecular flexibility index (Phi) is 21.5. The maximum Gasteiger partial charge on any atom is 0.261 e. The average Bonchev–Trinajstić information content (AvgIpc) is 1.62. The van der Waals surface area contributed by atoms with Crippen molar-refractivity contribution in [3.05, 3.63) is 130 Å². The summed E-state index contributed by atoms with van der Waals surface area (Å²) in [5.74, 6) is 3.43. The number of furan rings is 3. The van der Waals surface area contributed by atoms with Gasteiger partial charge in [-0.3, -0.25) is 9.59 Å². The summed E-state index contributed by atoms with van der Waals surface area (Å²) in [6.45, 7) is 20.8. The Morgan fingerprint density at radius 3 is 1.43 bits per heavy atom. The second kappa shape index (κ2) is 29.1. The molecule has 2 unspecified atom stereocenters. The van der Waals surface area contributed by atoms with E-state index in [2.05, 4.69) is 127 Å². The van der Waals surface area contributed by atoms with Gasteiger partial charge in [0.1, 0.15) is 34.3 Å². The molecular weight excluding hydrogens is 1110 g/mol. The lowest BCUT2D eigenvalue weighted by Gasteiger charge is -2.29. The van der Waals surface area contributed by atoms with E-state index in [1.54, 1.807) is 11.3 Å². The molecule has 464 valence electrons. The number of amides is 2. The van der Waals surface area contributed by atoms with Crippen LogP contribution in [0.5, 0.6) is 0 Å². The standard InChI is InChI=1S/C77H99N3O5S2/c1-10-14-18-22-24-30-38-52(36-28-20-16-12-3)50-79-68(66-67(75(79)82)69(60-46-47-62(84-60)77(8,9)78)80(74(66)81)51-53(37-29-21-17-13-4)39-31-25-23-19-15-11-2)59-45-44-58(83-59)61-48-56-65-64(54-40-32-26-33-41-54)70(55-42-34-27-35-43-55)85-71(65)57-49-63(76(5,6)7)87-73(57)72(56)86-61/h26-27,32-35,40-49,52-53H,10-25,28-31,36-39,50-51,78H2,1-9H3. The second-order valence-electron chi connectivity index (χ2n) is 27.1. The fourth-order valence-electron chi connectivity index (χ4n) is 13.5. The van der Waals surface area contributed by atoms with Crippen LogP contribution in [-0.2, 0) is 20.5 Å². The largest absolute Gasteiger partial charge is 0.458 e. The Morgan fingerprint density at radius 2 is 0.931 bits per heavy atom. The number of carbonyl (C=O) groups excluding carboxylic acids is 2. The van der Waals surface area contributed by atoms with Gasteiger partial charge in [0.15, 0.2) is 11.5 Å². The van der Waals surface area contributed by atoms with E-state index in [0.717, 1.165) is 100 Å². The molecule has 0 spiro atoms. The molecule has 5 aromatic heterocycles. The van der Waals surface area contributed by atoms with Crippen LogP contribution in [0.3, 0.4) is 0 Å². The highest BCUT2D eigenvalue weighted by molar-refractivity contribution is 7.29. The molecule has 0 saturated heterocycles. The summed E-state index contributed by atoms with van der Waals surface area (Å²) in [6, 6.07) is 33.8. The van der Waals surface area contributed by atoms with Gasteiger partial charge in [-0.15, -0.1) is 22.7 Å². The molecule has 8 aromatic rings. The van der Waals surface area contributed by atoms with Crippen LogP contribution in [0.4, 0.5) is 0 Å². The molecule has 8 nitrogen and oxygen atoms in total. The summed E-state index contributed by atoms with van der Waals surface area (Å²) < 4.78 is 23.7. The minimum Gasteiger partial charge on any atom is -0.458 e. The van der Waals surface area contributed by atoms with Crippen molar-refractivity contribution in [2.24, 2.45) is 17.6 Å². The van der Waals surface area contributed by atoms with E-state index in [1.807, 2.05) is 53.2 Å². The predicted molar refractivity (Wildman–Crippen MR) is 368 cm³/mol. The zero-order valence-corrected chi connectivity index (χ0v) is 55.7. The highest BCUT2D eigenvalue weighted by Gasteiger charge is 2.51. The molecule has 0 fully saturated rings. The third-order valence-electron chi connectivity index (χ3n) is 18.4. The summed E-state index contributed by atoms with van der Waals surface area (Å²) >= 11 is 3.60. The van der Waals surface area contributed by atoms with Crippen molar-refractivity contribution >= 4 is 77.0 Å². The molecule has 2 atom stereocenters. The van der Waals surface area contributed by atoms with Crippen LogP contribution in [-0.4, -0.2) is 34.7 Å². The molecule has 2 aliphatic heterocycles. The number of carbonyl (C=O) groups is 2. The smallest absolute Gasteiger partial charge is 0.261 e. The fraction of sp³-hybridized carbons (Fsp3) is 0.506. The summed E-state index contributed by atoms with van der Waals surface area (Å²) in [4.78, 5) is 38.4. The van der Waals surface area contributed by atoms with Crippen molar-refractivity contribution in [3.63, 3.8) is 0 Å². The van der Waals surface area contributed by atoms with E-state index in [9.17, 15) is 0 Å². The first-order valence-corrected chi connectivity index (χ1v) is 35.5. The Morgan fingerprint density at radius 1 is 0.483 bits per heavy atom. The molecular formula is C77H99N3O5S2. The molecule has 2 N–H and O–H groups in total. The average molecular weight is 1210 g/mol. The van der Waals surface area contributed by atoms with Gasteiger partial charge in [-0.2, -0.15) is 0 Å². The minimum atomic E-state index is -0.772. The lowest BCUT2D eigenvalue weighted by molar-refractivity contribution is -0.124. The number of benzene rings is 3. The molecule has 7 heterocycles. The highest BCUT2D eigenvalue weighted by Crippen LogP contribution is 2.54. The minimum absolute atomic E-state index is 0.0812. The first-order valence-electron chi connectivity index (χ1n) is 33.8. The van der Waals surface area contributed by atoms with Crippen molar-refractivity contribution in [3.8, 4) is 33.1 Å². The summed E-state index contributed by atoms with van der Waals surface area (Å²) in [7, 11) is 0.